The fourth-order valence-corrected chi connectivity index (χ4v) is 3.61. The van der Waals surface area contributed by atoms with Crippen molar-refractivity contribution in [2.75, 3.05) is 5.32 Å². The Morgan fingerprint density at radius 3 is 2.18 bits per heavy atom. The molecule has 28 heavy (non-hydrogen) atoms. The van der Waals surface area contributed by atoms with E-state index in [-0.39, 0.29) is 11.8 Å². The van der Waals surface area contributed by atoms with Crippen molar-refractivity contribution in [1.82, 2.24) is 15.4 Å². The molecule has 1 unspecified atom stereocenters. The van der Waals surface area contributed by atoms with Gasteiger partial charge >= 0.3 is 6.03 Å². The van der Waals surface area contributed by atoms with E-state index in [0.29, 0.717) is 16.8 Å². The van der Waals surface area contributed by atoms with Crippen molar-refractivity contribution in [2.45, 2.75) is 45.9 Å². The standard InChI is InChI=1S/C17H23FN4O5S/c1-8(2)11-5-10(18)6-12(9(3)4)14(11)20-17(25)22-28(26,27)13-7-19-16(24)21-15(13)23/h5-9,16,19,24H,1-4H3,(H,21,23)(H2,20,22,25). The highest BCUT2D eigenvalue weighted by Crippen LogP contribution is 2.33. The monoisotopic (exact) mass is 414 g/mol. The molecular weight excluding hydrogens is 391 g/mol. The van der Waals surface area contributed by atoms with Gasteiger partial charge in [0.1, 0.15) is 5.82 Å². The third-order valence-corrected chi connectivity index (χ3v) is 5.36. The Kier molecular flexibility index (Phi) is 6.30. The second-order valence-electron chi connectivity index (χ2n) is 6.88. The van der Waals surface area contributed by atoms with E-state index in [2.05, 4.69) is 10.6 Å². The average Bonchev–Trinajstić information content (AvgIpc) is 2.54. The van der Waals surface area contributed by atoms with Crippen molar-refractivity contribution in [3.63, 3.8) is 0 Å². The summed E-state index contributed by atoms with van der Waals surface area (Å²) in [6.07, 6.45) is -0.641. The Balaban J connectivity index is 2.32. The Bertz CT molecular complexity index is 898. The number of sulfonamides is 1. The first-order valence-electron chi connectivity index (χ1n) is 8.54. The molecule has 11 heteroatoms. The minimum absolute atomic E-state index is 0.141. The molecule has 0 aliphatic carbocycles. The van der Waals surface area contributed by atoms with Crippen LogP contribution in [0.3, 0.4) is 0 Å². The Morgan fingerprint density at radius 1 is 1.18 bits per heavy atom. The van der Waals surface area contributed by atoms with E-state index >= 15 is 0 Å². The number of aliphatic hydroxyl groups is 1. The van der Waals surface area contributed by atoms with Crippen LogP contribution in [0.2, 0.25) is 0 Å². The number of halogens is 1. The molecule has 9 nitrogen and oxygen atoms in total. The molecule has 1 aliphatic rings. The predicted octanol–water partition coefficient (Wildman–Crippen LogP) is 1.36. The van der Waals surface area contributed by atoms with Crippen molar-refractivity contribution in [1.29, 1.82) is 0 Å². The Morgan fingerprint density at radius 2 is 1.71 bits per heavy atom. The highest BCUT2D eigenvalue weighted by Gasteiger charge is 2.31. The van der Waals surface area contributed by atoms with Gasteiger partial charge in [0.05, 0.1) is 0 Å². The largest absolute Gasteiger partial charge is 0.356 e. The van der Waals surface area contributed by atoms with Crippen molar-refractivity contribution >= 4 is 27.6 Å². The number of benzene rings is 1. The first kappa shape index (κ1) is 21.6. The third kappa shape index (κ3) is 4.78. The summed E-state index contributed by atoms with van der Waals surface area (Å²) in [4.78, 5) is 23.3. The number of anilines is 1. The van der Waals surface area contributed by atoms with Crippen LogP contribution < -0.4 is 20.7 Å². The molecular formula is C17H23FN4O5S. The number of carbonyl (C=O) groups is 2. The SMILES string of the molecule is CC(C)c1cc(F)cc(C(C)C)c1NC(=O)NS(=O)(=O)C1=CNC(O)NC1=O. The van der Waals surface area contributed by atoms with Crippen LogP contribution in [0.25, 0.3) is 0 Å². The fraction of sp³-hybridized carbons (Fsp3) is 0.412. The zero-order valence-electron chi connectivity index (χ0n) is 15.8. The lowest BCUT2D eigenvalue weighted by Crippen LogP contribution is -2.51. The second-order valence-corrected chi connectivity index (χ2v) is 8.53. The topological polar surface area (TPSA) is 137 Å². The van der Waals surface area contributed by atoms with E-state index in [1.807, 2.05) is 33.0 Å². The molecule has 1 atom stereocenters. The molecule has 0 saturated heterocycles. The lowest BCUT2D eigenvalue weighted by atomic mass is 9.92. The van der Waals surface area contributed by atoms with Gasteiger partial charge in [-0.05, 0) is 35.1 Å². The molecule has 3 amide bonds. The lowest BCUT2D eigenvalue weighted by molar-refractivity contribution is -0.120. The number of carbonyl (C=O) groups excluding carboxylic acids is 2. The van der Waals surface area contributed by atoms with Gasteiger partial charge in [0.15, 0.2) is 4.91 Å². The minimum atomic E-state index is -4.51. The summed E-state index contributed by atoms with van der Waals surface area (Å²) >= 11 is 0. The van der Waals surface area contributed by atoms with E-state index in [4.69, 9.17) is 0 Å². The first-order chi connectivity index (χ1) is 12.9. The van der Waals surface area contributed by atoms with Gasteiger partial charge in [-0.2, -0.15) is 0 Å². The molecule has 0 spiro atoms. The van der Waals surface area contributed by atoms with E-state index in [0.717, 1.165) is 6.20 Å². The summed E-state index contributed by atoms with van der Waals surface area (Å²) < 4.78 is 40.3. The molecule has 1 aromatic carbocycles. The quantitative estimate of drug-likeness (QED) is 0.493. The van der Waals surface area contributed by atoms with Crippen LogP contribution in [0.1, 0.15) is 50.7 Å². The molecule has 1 heterocycles. The number of aliphatic hydroxyl groups excluding tert-OH is 1. The Hall–Kier alpha value is -2.66. The molecule has 154 valence electrons. The van der Waals surface area contributed by atoms with Crippen LogP contribution in [0, 0.1) is 5.82 Å². The normalized spacial score (nSPS) is 17.1. The predicted molar refractivity (Wildman–Crippen MR) is 101 cm³/mol. The Labute approximate surface area is 162 Å². The van der Waals surface area contributed by atoms with Gasteiger partial charge in [-0.3, -0.25) is 4.79 Å². The van der Waals surface area contributed by atoms with Gasteiger partial charge in [-0.15, -0.1) is 0 Å². The van der Waals surface area contributed by atoms with Crippen molar-refractivity contribution < 1.29 is 27.5 Å². The highest BCUT2D eigenvalue weighted by molar-refractivity contribution is 7.94. The summed E-state index contributed by atoms with van der Waals surface area (Å²) in [6, 6.07) is 1.46. The zero-order valence-corrected chi connectivity index (χ0v) is 16.6. The van der Waals surface area contributed by atoms with E-state index in [1.165, 1.54) is 12.1 Å². The van der Waals surface area contributed by atoms with Gasteiger partial charge in [0, 0.05) is 11.9 Å². The van der Waals surface area contributed by atoms with Crippen LogP contribution in [0.5, 0.6) is 0 Å². The van der Waals surface area contributed by atoms with Crippen LogP contribution >= 0.6 is 0 Å². The number of hydrogen-bond acceptors (Lipinski definition) is 6. The smallest absolute Gasteiger partial charge is 0.333 e. The number of urea groups is 1. The summed E-state index contributed by atoms with van der Waals surface area (Å²) in [7, 11) is -4.51. The van der Waals surface area contributed by atoms with Gasteiger partial charge in [-0.1, -0.05) is 27.7 Å². The molecule has 0 saturated carbocycles. The van der Waals surface area contributed by atoms with Crippen LogP contribution in [-0.4, -0.2) is 31.8 Å². The zero-order chi connectivity index (χ0) is 21.2. The summed E-state index contributed by atoms with van der Waals surface area (Å²) in [5.74, 6) is -1.81. The number of amides is 3. The number of rotatable bonds is 5. The lowest BCUT2D eigenvalue weighted by Gasteiger charge is -2.22. The molecule has 0 radical (unpaired) electrons. The summed E-state index contributed by atoms with van der Waals surface area (Å²) in [6.45, 7) is 7.25. The highest BCUT2D eigenvalue weighted by atomic mass is 32.2. The maximum Gasteiger partial charge on any atom is 0.333 e. The van der Waals surface area contributed by atoms with Crippen LogP contribution in [0.4, 0.5) is 14.9 Å². The molecule has 5 N–H and O–H groups in total. The van der Waals surface area contributed by atoms with E-state index in [1.54, 1.807) is 4.72 Å². The molecule has 1 aliphatic heterocycles. The van der Waals surface area contributed by atoms with Gasteiger partial charge in [-0.25, -0.2) is 22.3 Å². The van der Waals surface area contributed by atoms with Crippen molar-refractivity contribution in [2.24, 2.45) is 0 Å². The van der Waals surface area contributed by atoms with E-state index in [9.17, 15) is 27.5 Å². The van der Waals surface area contributed by atoms with Gasteiger partial charge < -0.3 is 21.1 Å². The molecule has 1 aromatic rings. The number of nitrogens with one attached hydrogen (secondary N) is 4. The number of hydrogen-bond donors (Lipinski definition) is 5. The minimum Gasteiger partial charge on any atom is -0.356 e. The summed E-state index contributed by atoms with van der Waals surface area (Å²) in [5, 5.41) is 15.8. The molecule has 2 rings (SSSR count). The molecule has 0 bridgehead atoms. The molecule has 0 aromatic heterocycles. The van der Waals surface area contributed by atoms with Crippen LogP contribution in [0.15, 0.2) is 23.2 Å². The second kappa shape index (κ2) is 8.15. The van der Waals surface area contributed by atoms with E-state index < -0.39 is 39.0 Å². The maximum atomic E-state index is 14.0. The average molecular weight is 414 g/mol. The van der Waals surface area contributed by atoms with Crippen LogP contribution in [-0.2, 0) is 14.8 Å². The fourth-order valence-electron chi connectivity index (χ4n) is 2.68. The maximum absolute atomic E-state index is 14.0. The van der Waals surface area contributed by atoms with Crippen molar-refractivity contribution in [3.8, 4) is 0 Å². The van der Waals surface area contributed by atoms with Gasteiger partial charge in [0.2, 0.25) is 6.35 Å². The summed E-state index contributed by atoms with van der Waals surface area (Å²) in [5.41, 5.74) is 1.33. The van der Waals surface area contributed by atoms with Crippen molar-refractivity contribution in [3.05, 3.63) is 40.2 Å². The third-order valence-electron chi connectivity index (χ3n) is 4.03. The molecule has 0 fully saturated rings. The van der Waals surface area contributed by atoms with Gasteiger partial charge in [0.25, 0.3) is 15.9 Å². The first-order valence-corrected chi connectivity index (χ1v) is 10.0.